The summed E-state index contributed by atoms with van der Waals surface area (Å²) in [5.41, 5.74) is 4.50. The fourth-order valence-corrected chi connectivity index (χ4v) is 1.60. The molecule has 0 saturated carbocycles. The van der Waals surface area contributed by atoms with Crippen molar-refractivity contribution in [2.45, 2.75) is 24.5 Å². The van der Waals surface area contributed by atoms with Gasteiger partial charge in [-0.3, -0.25) is 4.79 Å². The van der Waals surface area contributed by atoms with Gasteiger partial charge in [-0.1, -0.05) is 0 Å². The van der Waals surface area contributed by atoms with Gasteiger partial charge in [0.2, 0.25) is 0 Å². The third-order valence-electron chi connectivity index (χ3n) is 2.81. The monoisotopic (exact) mass is 232 g/mol. The fraction of sp³-hybridized carbons (Fsp3) is 0.900. The molecule has 1 aliphatic heterocycles. The molecule has 0 aliphatic carbocycles. The van der Waals surface area contributed by atoms with Gasteiger partial charge in [-0.25, -0.2) is 0 Å². The number of nitrogens with two attached hydrogens (primary N) is 1. The second-order valence-electron chi connectivity index (χ2n) is 4.01. The average molecular weight is 232 g/mol. The van der Waals surface area contributed by atoms with Gasteiger partial charge in [0.15, 0.2) is 0 Å². The zero-order valence-corrected chi connectivity index (χ0v) is 9.57. The van der Waals surface area contributed by atoms with Crippen LogP contribution in [-0.2, 0) is 14.3 Å². The summed E-state index contributed by atoms with van der Waals surface area (Å²) >= 11 is 0. The predicted octanol–water partition coefficient (Wildman–Crippen LogP) is -1.38. The molecule has 94 valence electrons. The minimum Gasteiger partial charge on any atom is -0.388 e. The number of ether oxygens (including phenoxy) is 2. The molecule has 0 radical (unpaired) electrons. The molecular formula is C10H20N2O4. The average Bonchev–Trinajstić information content (AvgIpc) is 2.29. The molecule has 1 rings (SSSR count). The molecule has 0 spiro atoms. The van der Waals surface area contributed by atoms with E-state index in [-0.39, 0.29) is 19.0 Å². The molecule has 1 fully saturated rings. The Morgan fingerprint density at radius 3 is 2.75 bits per heavy atom. The van der Waals surface area contributed by atoms with E-state index in [0.29, 0.717) is 26.1 Å². The van der Waals surface area contributed by atoms with E-state index >= 15 is 0 Å². The Bertz CT molecular complexity index is 225. The van der Waals surface area contributed by atoms with Crippen molar-refractivity contribution >= 4 is 5.91 Å². The van der Waals surface area contributed by atoms with Crippen LogP contribution in [-0.4, -0.2) is 56.1 Å². The second kappa shape index (κ2) is 6.15. The molecule has 1 amide bonds. The number of hydrogen-bond donors (Lipinski definition) is 3. The van der Waals surface area contributed by atoms with Crippen LogP contribution in [0.25, 0.3) is 0 Å². The summed E-state index contributed by atoms with van der Waals surface area (Å²) in [6, 6.07) is 0. The Morgan fingerprint density at radius 2 is 2.25 bits per heavy atom. The van der Waals surface area contributed by atoms with Gasteiger partial charge in [-0.05, 0) is 0 Å². The van der Waals surface area contributed by atoms with Crippen LogP contribution in [0.15, 0.2) is 0 Å². The van der Waals surface area contributed by atoms with Gasteiger partial charge in [-0.2, -0.15) is 0 Å². The van der Waals surface area contributed by atoms with Crippen molar-refractivity contribution < 1.29 is 19.4 Å². The van der Waals surface area contributed by atoms with Crippen molar-refractivity contribution in [1.29, 1.82) is 0 Å². The van der Waals surface area contributed by atoms with Crippen LogP contribution in [0.3, 0.4) is 0 Å². The number of amides is 1. The van der Waals surface area contributed by atoms with Crippen molar-refractivity contribution in [2.24, 2.45) is 5.73 Å². The maximum Gasteiger partial charge on any atom is 0.250 e. The summed E-state index contributed by atoms with van der Waals surface area (Å²) < 4.78 is 10.0. The van der Waals surface area contributed by atoms with E-state index < -0.39 is 11.7 Å². The molecule has 0 aromatic heterocycles. The predicted molar refractivity (Wildman–Crippen MR) is 57.9 cm³/mol. The van der Waals surface area contributed by atoms with Crippen LogP contribution in [0.5, 0.6) is 0 Å². The Hall–Kier alpha value is -0.690. The van der Waals surface area contributed by atoms with Crippen molar-refractivity contribution in [3.8, 4) is 0 Å². The first-order chi connectivity index (χ1) is 7.61. The van der Waals surface area contributed by atoms with Crippen LogP contribution >= 0.6 is 0 Å². The smallest absolute Gasteiger partial charge is 0.250 e. The molecule has 1 saturated heterocycles. The van der Waals surface area contributed by atoms with E-state index in [4.69, 9.17) is 15.2 Å². The molecule has 1 unspecified atom stereocenters. The molecule has 6 nitrogen and oxygen atoms in total. The normalized spacial score (nSPS) is 21.4. The lowest BCUT2D eigenvalue weighted by atomic mass is 9.94. The molecule has 0 bridgehead atoms. The van der Waals surface area contributed by atoms with Crippen molar-refractivity contribution in [3.63, 3.8) is 0 Å². The Morgan fingerprint density at radius 1 is 1.62 bits per heavy atom. The minimum atomic E-state index is -0.860. The Labute approximate surface area is 95.1 Å². The van der Waals surface area contributed by atoms with Gasteiger partial charge in [0.05, 0.1) is 5.60 Å². The van der Waals surface area contributed by atoms with Gasteiger partial charge in [0.25, 0.3) is 5.91 Å². The van der Waals surface area contributed by atoms with Crippen LogP contribution in [0.1, 0.15) is 12.8 Å². The van der Waals surface area contributed by atoms with Gasteiger partial charge in [0.1, 0.15) is 6.10 Å². The van der Waals surface area contributed by atoms with E-state index in [2.05, 4.69) is 5.32 Å². The first-order valence-corrected chi connectivity index (χ1v) is 5.42. The van der Waals surface area contributed by atoms with E-state index in [1.807, 2.05) is 0 Å². The molecule has 1 aliphatic rings. The zero-order chi connectivity index (χ0) is 12.0. The quantitative estimate of drug-likeness (QED) is 0.543. The summed E-state index contributed by atoms with van der Waals surface area (Å²) in [5, 5.41) is 12.7. The summed E-state index contributed by atoms with van der Waals surface area (Å²) in [6.07, 6.45) is 0.421. The molecule has 0 aromatic carbocycles. The summed E-state index contributed by atoms with van der Waals surface area (Å²) in [5.74, 6) is -0.287. The highest BCUT2D eigenvalue weighted by Crippen LogP contribution is 2.19. The van der Waals surface area contributed by atoms with Crippen LogP contribution in [0, 0.1) is 0 Å². The van der Waals surface area contributed by atoms with Gasteiger partial charge < -0.3 is 25.6 Å². The standard InChI is InChI=1S/C10H20N2O4/c1-15-8(6-11)9(13)12-7-10(14)2-4-16-5-3-10/h8,14H,2-7,11H2,1H3,(H,12,13). The molecule has 1 heterocycles. The fourth-order valence-electron chi connectivity index (χ4n) is 1.60. The number of nitrogens with one attached hydrogen (secondary N) is 1. The Balaban J connectivity index is 2.35. The van der Waals surface area contributed by atoms with E-state index in [1.165, 1.54) is 7.11 Å². The van der Waals surface area contributed by atoms with E-state index in [9.17, 15) is 9.90 Å². The van der Waals surface area contributed by atoms with Crippen molar-refractivity contribution in [3.05, 3.63) is 0 Å². The number of carbonyl (C=O) groups is 1. The molecule has 16 heavy (non-hydrogen) atoms. The largest absolute Gasteiger partial charge is 0.388 e. The lowest BCUT2D eigenvalue weighted by molar-refractivity contribution is -0.133. The zero-order valence-electron chi connectivity index (χ0n) is 9.57. The molecule has 1 atom stereocenters. The highest BCUT2D eigenvalue weighted by atomic mass is 16.5. The first kappa shape index (κ1) is 13.4. The van der Waals surface area contributed by atoms with E-state index in [1.54, 1.807) is 0 Å². The molecular weight excluding hydrogens is 212 g/mol. The van der Waals surface area contributed by atoms with Gasteiger partial charge in [-0.15, -0.1) is 0 Å². The third kappa shape index (κ3) is 3.71. The molecule has 0 aromatic rings. The third-order valence-corrected chi connectivity index (χ3v) is 2.81. The number of methoxy groups -OCH3 is 1. The lowest BCUT2D eigenvalue weighted by Gasteiger charge is -2.32. The molecule has 4 N–H and O–H groups in total. The number of carbonyl (C=O) groups excluding carboxylic acids is 1. The van der Waals surface area contributed by atoms with E-state index in [0.717, 1.165) is 0 Å². The Kier molecular flexibility index (Phi) is 5.14. The maximum absolute atomic E-state index is 11.5. The first-order valence-electron chi connectivity index (χ1n) is 5.42. The summed E-state index contributed by atoms with van der Waals surface area (Å²) in [7, 11) is 1.43. The molecule has 6 heteroatoms. The summed E-state index contributed by atoms with van der Waals surface area (Å²) in [4.78, 5) is 11.5. The number of hydrogen-bond acceptors (Lipinski definition) is 5. The van der Waals surface area contributed by atoms with Crippen LogP contribution < -0.4 is 11.1 Å². The second-order valence-corrected chi connectivity index (χ2v) is 4.01. The van der Waals surface area contributed by atoms with Crippen LogP contribution in [0.4, 0.5) is 0 Å². The maximum atomic E-state index is 11.5. The van der Waals surface area contributed by atoms with Crippen LogP contribution in [0.2, 0.25) is 0 Å². The number of rotatable bonds is 5. The topological polar surface area (TPSA) is 93.8 Å². The lowest BCUT2D eigenvalue weighted by Crippen LogP contribution is -2.50. The van der Waals surface area contributed by atoms with Gasteiger partial charge in [0, 0.05) is 46.3 Å². The summed E-state index contributed by atoms with van der Waals surface area (Å²) in [6.45, 7) is 1.40. The SMILES string of the molecule is COC(CN)C(=O)NCC1(O)CCOCC1. The van der Waals surface area contributed by atoms with Gasteiger partial charge >= 0.3 is 0 Å². The highest BCUT2D eigenvalue weighted by Gasteiger charge is 2.30. The van der Waals surface area contributed by atoms with Crippen molar-refractivity contribution in [2.75, 3.05) is 33.4 Å². The highest BCUT2D eigenvalue weighted by molar-refractivity contribution is 5.81. The van der Waals surface area contributed by atoms with Crippen molar-refractivity contribution in [1.82, 2.24) is 5.32 Å². The minimum absolute atomic E-state index is 0.129. The number of aliphatic hydroxyl groups is 1.